The summed E-state index contributed by atoms with van der Waals surface area (Å²) in [6, 6.07) is 1.86. The van der Waals surface area contributed by atoms with Gasteiger partial charge in [-0.3, -0.25) is 9.98 Å². The van der Waals surface area contributed by atoms with Crippen LogP contribution in [0.3, 0.4) is 0 Å². The molecule has 0 radical (unpaired) electrons. The fourth-order valence-electron chi connectivity index (χ4n) is 1.64. The predicted molar refractivity (Wildman–Crippen MR) is 78.0 cm³/mol. The Morgan fingerprint density at radius 3 is 3.00 bits per heavy atom. The van der Waals surface area contributed by atoms with Crippen LogP contribution < -0.4 is 10.1 Å². The first kappa shape index (κ1) is 14.0. The van der Waals surface area contributed by atoms with Crippen LogP contribution in [0.5, 0.6) is 5.75 Å². The Bertz CT molecular complexity index is 397. The van der Waals surface area contributed by atoms with Gasteiger partial charge < -0.3 is 15.0 Å². The molecule has 1 aliphatic heterocycles. The quantitative estimate of drug-likeness (QED) is 0.832. The number of pyridine rings is 1. The predicted octanol–water partition coefficient (Wildman–Crippen LogP) is 1.10. The number of hydrogen-bond donors (Lipinski definition) is 1. The minimum atomic E-state index is 0. The van der Waals surface area contributed by atoms with E-state index in [9.17, 15) is 0 Å². The van der Waals surface area contributed by atoms with Gasteiger partial charge in [-0.25, -0.2) is 0 Å². The zero-order valence-corrected chi connectivity index (χ0v) is 12.3. The number of aliphatic imine (C=N–C) groups is 1. The van der Waals surface area contributed by atoms with Crippen molar-refractivity contribution in [2.45, 2.75) is 6.54 Å². The Morgan fingerprint density at radius 1 is 1.53 bits per heavy atom. The van der Waals surface area contributed by atoms with Crippen molar-refractivity contribution in [3.63, 3.8) is 0 Å². The molecular formula is C11H17IN4O. The molecule has 1 aromatic heterocycles. The van der Waals surface area contributed by atoms with E-state index in [2.05, 4.69) is 20.2 Å². The van der Waals surface area contributed by atoms with Gasteiger partial charge in [0.05, 0.1) is 13.7 Å². The summed E-state index contributed by atoms with van der Waals surface area (Å²) in [7, 11) is 3.69. The fraction of sp³-hybridized carbons (Fsp3) is 0.455. The van der Waals surface area contributed by atoms with Crippen LogP contribution in [0.15, 0.2) is 23.5 Å². The molecule has 2 heterocycles. The minimum Gasteiger partial charge on any atom is -0.496 e. The molecule has 0 aliphatic carbocycles. The SMILES string of the molecule is COc1ccncc1CNC1=NCCN1C.I. The third kappa shape index (κ3) is 3.45. The van der Waals surface area contributed by atoms with Crippen LogP contribution in [0.25, 0.3) is 0 Å². The molecule has 0 amide bonds. The number of hydrogen-bond acceptors (Lipinski definition) is 5. The zero-order chi connectivity index (χ0) is 11.4. The molecule has 0 saturated heterocycles. The molecule has 1 aromatic rings. The van der Waals surface area contributed by atoms with Crippen molar-refractivity contribution in [3.05, 3.63) is 24.0 Å². The summed E-state index contributed by atoms with van der Waals surface area (Å²) in [5, 5.41) is 3.28. The van der Waals surface area contributed by atoms with Gasteiger partial charge in [0.15, 0.2) is 5.96 Å². The van der Waals surface area contributed by atoms with E-state index in [1.807, 2.05) is 13.1 Å². The van der Waals surface area contributed by atoms with E-state index in [1.54, 1.807) is 19.5 Å². The molecule has 1 N–H and O–H groups in total. The summed E-state index contributed by atoms with van der Waals surface area (Å²) >= 11 is 0. The van der Waals surface area contributed by atoms with Crippen LogP contribution in [0.4, 0.5) is 0 Å². The smallest absolute Gasteiger partial charge is 0.194 e. The van der Waals surface area contributed by atoms with Crippen LogP contribution in [0.2, 0.25) is 0 Å². The lowest BCUT2D eigenvalue weighted by Gasteiger charge is -2.16. The highest BCUT2D eigenvalue weighted by atomic mass is 127. The molecule has 0 bridgehead atoms. The highest BCUT2D eigenvalue weighted by Gasteiger charge is 2.12. The summed E-state index contributed by atoms with van der Waals surface area (Å²) in [6.45, 7) is 2.52. The number of guanidine groups is 1. The lowest BCUT2D eigenvalue weighted by molar-refractivity contribution is 0.408. The maximum absolute atomic E-state index is 5.25. The molecule has 17 heavy (non-hydrogen) atoms. The van der Waals surface area contributed by atoms with Crippen molar-refractivity contribution in [1.29, 1.82) is 0 Å². The van der Waals surface area contributed by atoms with E-state index in [1.165, 1.54) is 0 Å². The second-order valence-electron chi connectivity index (χ2n) is 3.67. The molecule has 6 heteroatoms. The molecule has 2 rings (SSSR count). The molecular weight excluding hydrogens is 331 g/mol. The van der Waals surface area contributed by atoms with E-state index < -0.39 is 0 Å². The number of methoxy groups -OCH3 is 1. The van der Waals surface area contributed by atoms with Crippen LogP contribution in [-0.2, 0) is 6.54 Å². The molecule has 5 nitrogen and oxygen atoms in total. The van der Waals surface area contributed by atoms with Gasteiger partial charge in [-0.1, -0.05) is 0 Å². The first-order valence-electron chi connectivity index (χ1n) is 5.27. The van der Waals surface area contributed by atoms with Gasteiger partial charge in [-0.2, -0.15) is 0 Å². The number of likely N-dealkylation sites (N-methyl/N-ethyl adjacent to an activating group) is 1. The van der Waals surface area contributed by atoms with Gasteiger partial charge in [0.1, 0.15) is 5.75 Å². The summed E-state index contributed by atoms with van der Waals surface area (Å²) in [5.41, 5.74) is 1.04. The third-order valence-electron chi connectivity index (χ3n) is 2.57. The summed E-state index contributed by atoms with van der Waals surface area (Å²) in [5.74, 6) is 1.79. The molecule has 0 atom stereocenters. The highest BCUT2D eigenvalue weighted by Crippen LogP contribution is 2.15. The Labute approximate surface area is 118 Å². The standard InChI is InChI=1S/C11H16N4O.HI/c1-15-6-5-13-11(15)14-8-9-7-12-4-3-10(9)16-2;/h3-4,7H,5-6,8H2,1-2H3,(H,13,14);1H. The van der Waals surface area contributed by atoms with Crippen LogP contribution in [0.1, 0.15) is 5.56 Å². The van der Waals surface area contributed by atoms with Gasteiger partial charge in [0.2, 0.25) is 0 Å². The largest absolute Gasteiger partial charge is 0.496 e. The van der Waals surface area contributed by atoms with Crippen LogP contribution in [0, 0.1) is 0 Å². The second kappa shape index (κ2) is 6.63. The number of halogens is 1. The Morgan fingerprint density at radius 2 is 2.35 bits per heavy atom. The number of ether oxygens (including phenoxy) is 1. The van der Waals surface area contributed by atoms with E-state index in [0.29, 0.717) is 6.54 Å². The maximum atomic E-state index is 5.25. The molecule has 94 valence electrons. The minimum absolute atomic E-state index is 0. The van der Waals surface area contributed by atoms with E-state index in [4.69, 9.17) is 4.74 Å². The fourth-order valence-corrected chi connectivity index (χ4v) is 1.64. The van der Waals surface area contributed by atoms with Gasteiger partial charge in [0, 0.05) is 38.1 Å². The first-order valence-corrected chi connectivity index (χ1v) is 5.27. The van der Waals surface area contributed by atoms with Crippen molar-refractivity contribution >= 4 is 29.9 Å². The Balaban J connectivity index is 0.00000144. The summed E-state index contributed by atoms with van der Waals surface area (Å²) in [4.78, 5) is 10.5. The molecule has 0 aromatic carbocycles. The molecule has 1 aliphatic rings. The van der Waals surface area contributed by atoms with Crippen molar-refractivity contribution in [1.82, 2.24) is 15.2 Å². The molecule has 0 spiro atoms. The van der Waals surface area contributed by atoms with Crippen LogP contribution >= 0.6 is 24.0 Å². The monoisotopic (exact) mass is 348 g/mol. The molecule has 0 unspecified atom stereocenters. The summed E-state index contributed by atoms with van der Waals surface area (Å²) < 4.78 is 5.25. The van der Waals surface area contributed by atoms with E-state index in [0.717, 1.165) is 30.4 Å². The highest BCUT2D eigenvalue weighted by molar-refractivity contribution is 14.0. The number of rotatable bonds is 3. The third-order valence-corrected chi connectivity index (χ3v) is 2.57. The van der Waals surface area contributed by atoms with Gasteiger partial charge in [-0.15, -0.1) is 24.0 Å². The van der Waals surface area contributed by atoms with Crippen LogP contribution in [-0.4, -0.2) is 43.1 Å². The lowest BCUT2D eigenvalue weighted by atomic mass is 10.2. The van der Waals surface area contributed by atoms with Crippen molar-refractivity contribution in [2.75, 3.05) is 27.2 Å². The zero-order valence-electron chi connectivity index (χ0n) is 10.0. The summed E-state index contributed by atoms with van der Waals surface area (Å²) in [6.07, 6.45) is 3.53. The Hall–Kier alpha value is -1.05. The normalized spacial score (nSPS) is 14.0. The number of nitrogens with one attached hydrogen (secondary N) is 1. The average molecular weight is 348 g/mol. The number of aromatic nitrogens is 1. The van der Waals surface area contributed by atoms with Crippen molar-refractivity contribution in [3.8, 4) is 5.75 Å². The Kier molecular flexibility index (Phi) is 5.46. The van der Waals surface area contributed by atoms with E-state index in [-0.39, 0.29) is 24.0 Å². The maximum Gasteiger partial charge on any atom is 0.194 e. The molecule has 0 fully saturated rings. The van der Waals surface area contributed by atoms with Gasteiger partial charge >= 0.3 is 0 Å². The van der Waals surface area contributed by atoms with Gasteiger partial charge in [-0.05, 0) is 6.07 Å². The van der Waals surface area contributed by atoms with Gasteiger partial charge in [0.25, 0.3) is 0 Å². The average Bonchev–Trinajstić information content (AvgIpc) is 2.72. The molecule has 0 saturated carbocycles. The van der Waals surface area contributed by atoms with E-state index >= 15 is 0 Å². The van der Waals surface area contributed by atoms with Crippen molar-refractivity contribution < 1.29 is 4.74 Å². The topological polar surface area (TPSA) is 49.8 Å². The lowest BCUT2D eigenvalue weighted by Crippen LogP contribution is -2.35. The second-order valence-corrected chi connectivity index (χ2v) is 3.67. The van der Waals surface area contributed by atoms with Crippen molar-refractivity contribution in [2.24, 2.45) is 4.99 Å². The first-order chi connectivity index (χ1) is 7.81. The number of nitrogens with zero attached hydrogens (tertiary/aromatic N) is 3.